The van der Waals surface area contributed by atoms with E-state index in [1.54, 1.807) is 25.3 Å². The Kier molecular flexibility index (Phi) is 5.91. The summed E-state index contributed by atoms with van der Waals surface area (Å²) < 4.78 is 10.0. The molecule has 1 amide bonds. The first-order valence-corrected chi connectivity index (χ1v) is 7.13. The normalized spacial score (nSPS) is 14.9. The lowest BCUT2D eigenvalue weighted by molar-refractivity contribution is -0.137. The van der Waals surface area contributed by atoms with Crippen LogP contribution in [0.5, 0.6) is 0 Å². The molecule has 0 saturated carbocycles. The summed E-state index contributed by atoms with van der Waals surface area (Å²) in [5, 5.41) is 2.69. The van der Waals surface area contributed by atoms with E-state index < -0.39 is 11.9 Å². The number of amides is 1. The SMILES string of the molecule is CCOC(=O)/C=C/C(=O)Nc1ccnc(N2CCOCC2)c1. The van der Waals surface area contributed by atoms with Gasteiger partial charge in [-0.05, 0) is 13.0 Å². The number of carbonyl (C=O) groups excluding carboxylic acids is 2. The molecule has 7 heteroatoms. The molecule has 0 spiro atoms. The van der Waals surface area contributed by atoms with Crippen molar-refractivity contribution in [2.24, 2.45) is 0 Å². The second-order valence-corrected chi connectivity index (χ2v) is 4.58. The van der Waals surface area contributed by atoms with Gasteiger partial charge in [0.1, 0.15) is 5.82 Å². The Morgan fingerprint density at radius 2 is 2.18 bits per heavy atom. The fourth-order valence-electron chi connectivity index (χ4n) is 1.98. The minimum absolute atomic E-state index is 0.276. The van der Waals surface area contributed by atoms with Crippen LogP contribution in [-0.2, 0) is 19.1 Å². The number of morpholine rings is 1. The first-order valence-electron chi connectivity index (χ1n) is 7.13. The zero-order valence-corrected chi connectivity index (χ0v) is 12.4. The van der Waals surface area contributed by atoms with Crippen molar-refractivity contribution in [2.75, 3.05) is 43.1 Å². The summed E-state index contributed by atoms with van der Waals surface area (Å²) in [7, 11) is 0. The molecule has 1 aliphatic rings. The molecule has 1 N–H and O–H groups in total. The average molecular weight is 305 g/mol. The van der Waals surface area contributed by atoms with E-state index in [9.17, 15) is 9.59 Å². The molecule has 1 aliphatic heterocycles. The first-order chi connectivity index (χ1) is 10.7. The molecule has 1 aromatic heterocycles. The van der Waals surface area contributed by atoms with E-state index in [-0.39, 0.29) is 6.61 Å². The highest BCUT2D eigenvalue weighted by Crippen LogP contribution is 2.17. The molecule has 0 radical (unpaired) electrons. The molecule has 118 valence electrons. The van der Waals surface area contributed by atoms with Crippen molar-refractivity contribution in [2.45, 2.75) is 6.92 Å². The van der Waals surface area contributed by atoms with Crippen molar-refractivity contribution >= 4 is 23.4 Å². The lowest BCUT2D eigenvalue weighted by Crippen LogP contribution is -2.36. The molecule has 0 bridgehead atoms. The standard InChI is InChI=1S/C15H19N3O4/c1-2-22-15(20)4-3-14(19)17-12-5-6-16-13(11-12)18-7-9-21-10-8-18/h3-6,11H,2,7-10H2,1H3,(H,16,17,19)/b4-3+. The number of esters is 1. The number of ether oxygens (including phenoxy) is 2. The fraction of sp³-hybridized carbons (Fsp3) is 0.400. The monoisotopic (exact) mass is 305 g/mol. The Bertz CT molecular complexity index is 553. The van der Waals surface area contributed by atoms with Crippen LogP contribution >= 0.6 is 0 Å². The molecule has 0 aromatic carbocycles. The van der Waals surface area contributed by atoms with Gasteiger partial charge in [-0.3, -0.25) is 4.79 Å². The Morgan fingerprint density at radius 3 is 2.91 bits per heavy atom. The largest absolute Gasteiger partial charge is 0.463 e. The van der Waals surface area contributed by atoms with Crippen molar-refractivity contribution in [3.8, 4) is 0 Å². The summed E-state index contributed by atoms with van der Waals surface area (Å²) >= 11 is 0. The lowest BCUT2D eigenvalue weighted by Gasteiger charge is -2.27. The van der Waals surface area contributed by atoms with E-state index >= 15 is 0 Å². The highest BCUT2D eigenvalue weighted by atomic mass is 16.5. The minimum Gasteiger partial charge on any atom is -0.463 e. The number of hydrogen-bond acceptors (Lipinski definition) is 6. The van der Waals surface area contributed by atoms with Gasteiger partial charge in [-0.2, -0.15) is 0 Å². The minimum atomic E-state index is -0.540. The summed E-state index contributed by atoms with van der Waals surface area (Å²) in [6.07, 6.45) is 3.88. The summed E-state index contributed by atoms with van der Waals surface area (Å²) in [6.45, 7) is 4.86. The van der Waals surface area contributed by atoms with Gasteiger partial charge in [0.25, 0.3) is 0 Å². The predicted molar refractivity (Wildman–Crippen MR) is 81.7 cm³/mol. The van der Waals surface area contributed by atoms with Gasteiger partial charge < -0.3 is 19.7 Å². The maximum atomic E-state index is 11.7. The number of rotatable bonds is 5. The van der Waals surface area contributed by atoms with Gasteiger partial charge >= 0.3 is 5.97 Å². The van der Waals surface area contributed by atoms with E-state index in [1.807, 2.05) is 0 Å². The summed E-state index contributed by atoms with van der Waals surface area (Å²) in [6, 6.07) is 3.49. The Labute approximate surface area is 128 Å². The molecule has 1 saturated heterocycles. The third-order valence-corrected chi connectivity index (χ3v) is 3.01. The molecule has 7 nitrogen and oxygen atoms in total. The number of nitrogens with zero attached hydrogens (tertiary/aromatic N) is 2. The van der Waals surface area contributed by atoms with Crippen molar-refractivity contribution < 1.29 is 19.1 Å². The van der Waals surface area contributed by atoms with Gasteiger partial charge in [-0.1, -0.05) is 0 Å². The molecule has 0 unspecified atom stereocenters. The summed E-state index contributed by atoms with van der Waals surface area (Å²) in [4.78, 5) is 29.3. The van der Waals surface area contributed by atoms with Crippen molar-refractivity contribution in [1.29, 1.82) is 0 Å². The topological polar surface area (TPSA) is 80.8 Å². The van der Waals surface area contributed by atoms with Crippen LogP contribution in [0.2, 0.25) is 0 Å². The zero-order chi connectivity index (χ0) is 15.8. The highest BCUT2D eigenvalue weighted by Gasteiger charge is 2.12. The molecule has 2 rings (SSSR count). The Morgan fingerprint density at radius 1 is 1.41 bits per heavy atom. The number of pyridine rings is 1. The van der Waals surface area contributed by atoms with Crippen LogP contribution in [-0.4, -0.2) is 49.8 Å². The van der Waals surface area contributed by atoms with Crippen molar-refractivity contribution in [1.82, 2.24) is 4.98 Å². The fourth-order valence-corrected chi connectivity index (χ4v) is 1.98. The van der Waals surface area contributed by atoms with Gasteiger partial charge in [-0.25, -0.2) is 9.78 Å². The van der Waals surface area contributed by atoms with Crippen LogP contribution in [0.25, 0.3) is 0 Å². The van der Waals surface area contributed by atoms with E-state index in [4.69, 9.17) is 9.47 Å². The molecule has 22 heavy (non-hydrogen) atoms. The van der Waals surface area contributed by atoms with Crippen LogP contribution in [0.15, 0.2) is 30.5 Å². The Hall–Kier alpha value is -2.41. The number of aromatic nitrogens is 1. The second-order valence-electron chi connectivity index (χ2n) is 4.58. The molecule has 0 atom stereocenters. The van der Waals surface area contributed by atoms with Crippen LogP contribution in [0.4, 0.5) is 11.5 Å². The van der Waals surface area contributed by atoms with Crippen LogP contribution in [0, 0.1) is 0 Å². The van der Waals surface area contributed by atoms with Gasteiger partial charge in [-0.15, -0.1) is 0 Å². The predicted octanol–water partition coefficient (Wildman–Crippen LogP) is 0.976. The smallest absolute Gasteiger partial charge is 0.330 e. The van der Waals surface area contributed by atoms with E-state index in [1.165, 1.54) is 0 Å². The second kappa shape index (κ2) is 8.14. The molecular weight excluding hydrogens is 286 g/mol. The number of carbonyl (C=O) groups is 2. The van der Waals surface area contributed by atoms with E-state index in [0.717, 1.165) is 31.1 Å². The van der Waals surface area contributed by atoms with Gasteiger partial charge in [0.2, 0.25) is 5.91 Å². The van der Waals surface area contributed by atoms with Crippen LogP contribution in [0.1, 0.15) is 6.92 Å². The maximum Gasteiger partial charge on any atom is 0.330 e. The third kappa shape index (κ3) is 4.85. The van der Waals surface area contributed by atoms with Crippen LogP contribution < -0.4 is 10.2 Å². The molecule has 1 aromatic rings. The van der Waals surface area contributed by atoms with Crippen molar-refractivity contribution in [3.05, 3.63) is 30.5 Å². The van der Waals surface area contributed by atoms with Crippen molar-refractivity contribution in [3.63, 3.8) is 0 Å². The molecule has 0 aliphatic carbocycles. The average Bonchev–Trinajstić information content (AvgIpc) is 2.54. The number of hydrogen-bond donors (Lipinski definition) is 1. The highest BCUT2D eigenvalue weighted by molar-refractivity contribution is 6.02. The van der Waals surface area contributed by atoms with Gasteiger partial charge in [0, 0.05) is 43.2 Å². The summed E-state index contributed by atoms with van der Waals surface area (Å²) in [5.74, 6) is -0.149. The quantitative estimate of drug-likeness (QED) is 0.645. The van der Waals surface area contributed by atoms with E-state index in [2.05, 4.69) is 15.2 Å². The van der Waals surface area contributed by atoms with E-state index in [0.29, 0.717) is 18.9 Å². The lowest BCUT2D eigenvalue weighted by atomic mass is 10.3. The maximum absolute atomic E-state index is 11.7. The molecular formula is C15H19N3O4. The Balaban J connectivity index is 1.95. The number of nitrogens with one attached hydrogen (secondary N) is 1. The molecule has 1 fully saturated rings. The zero-order valence-electron chi connectivity index (χ0n) is 12.4. The van der Waals surface area contributed by atoms with Gasteiger partial charge in [0.15, 0.2) is 0 Å². The van der Waals surface area contributed by atoms with Gasteiger partial charge in [0.05, 0.1) is 19.8 Å². The summed E-state index contributed by atoms with van der Waals surface area (Å²) in [5.41, 5.74) is 0.620. The third-order valence-electron chi connectivity index (χ3n) is 3.01. The number of anilines is 2. The molecule has 2 heterocycles. The first kappa shape index (κ1) is 16.0. The van der Waals surface area contributed by atoms with Crippen LogP contribution in [0.3, 0.4) is 0 Å².